The van der Waals surface area contributed by atoms with Gasteiger partial charge in [0, 0.05) is 5.02 Å². The van der Waals surface area contributed by atoms with Crippen LogP contribution in [0.3, 0.4) is 0 Å². The normalized spacial score (nSPS) is 12.2. The molecule has 0 radical (unpaired) electrons. The van der Waals surface area contributed by atoms with Crippen molar-refractivity contribution in [3.05, 3.63) is 28.2 Å². The summed E-state index contributed by atoms with van der Waals surface area (Å²) in [6.45, 7) is 6.67. The number of rotatable bonds is 2. The molecule has 0 aliphatic carbocycles. The number of halogens is 1. The Hall–Kier alpha value is -0.640. The maximum Gasteiger partial charge on any atom is 0.120 e. The van der Waals surface area contributed by atoms with Crippen molar-refractivity contribution in [1.82, 2.24) is 4.98 Å². The van der Waals surface area contributed by atoms with Crippen molar-refractivity contribution in [2.45, 2.75) is 33.0 Å². The summed E-state index contributed by atoms with van der Waals surface area (Å²) in [6, 6.07) is 5.74. The van der Waals surface area contributed by atoms with Gasteiger partial charge in [0.15, 0.2) is 0 Å². The third-order valence-electron chi connectivity index (χ3n) is 2.02. The first-order chi connectivity index (χ1) is 7.44. The van der Waals surface area contributed by atoms with E-state index in [0.29, 0.717) is 6.61 Å². The zero-order chi connectivity index (χ0) is 11.8. The van der Waals surface area contributed by atoms with Crippen molar-refractivity contribution >= 4 is 33.2 Å². The predicted molar refractivity (Wildman–Crippen MR) is 69.2 cm³/mol. The lowest BCUT2D eigenvalue weighted by atomic mass is 10.2. The molecule has 0 fully saturated rings. The summed E-state index contributed by atoms with van der Waals surface area (Å²) in [4.78, 5) is 4.49. The van der Waals surface area contributed by atoms with Crippen LogP contribution in [0.5, 0.6) is 0 Å². The molecule has 2 rings (SSSR count). The third kappa shape index (κ3) is 2.94. The lowest BCUT2D eigenvalue weighted by Crippen LogP contribution is -2.18. The number of thiazole rings is 1. The SMILES string of the molecule is CC(C)(C)OCc1nc2ccc(Cl)cc2s1. The highest BCUT2D eigenvalue weighted by atomic mass is 35.5. The Labute approximate surface area is 104 Å². The van der Waals surface area contributed by atoms with Gasteiger partial charge in [-0.1, -0.05) is 11.6 Å². The molecular weight excluding hydrogens is 242 g/mol. The minimum atomic E-state index is -0.129. The Bertz CT molecular complexity index is 501. The highest BCUT2D eigenvalue weighted by Crippen LogP contribution is 2.26. The molecule has 0 unspecified atom stereocenters. The molecule has 1 aromatic heterocycles. The van der Waals surface area contributed by atoms with Gasteiger partial charge in [-0.25, -0.2) is 4.98 Å². The van der Waals surface area contributed by atoms with Gasteiger partial charge in [0.05, 0.1) is 22.4 Å². The molecule has 0 aliphatic rings. The smallest absolute Gasteiger partial charge is 0.120 e. The van der Waals surface area contributed by atoms with Gasteiger partial charge in [0.1, 0.15) is 5.01 Å². The second kappa shape index (κ2) is 4.32. The Morgan fingerprint density at radius 3 is 2.81 bits per heavy atom. The quantitative estimate of drug-likeness (QED) is 0.800. The molecule has 1 heterocycles. The van der Waals surface area contributed by atoms with Crippen LogP contribution < -0.4 is 0 Å². The van der Waals surface area contributed by atoms with E-state index in [1.807, 2.05) is 39.0 Å². The molecule has 0 atom stereocenters. The van der Waals surface area contributed by atoms with Crippen LogP contribution in [0, 0.1) is 0 Å². The molecular formula is C12H14ClNOS. The Kier molecular flexibility index (Phi) is 3.19. The van der Waals surface area contributed by atoms with Crippen LogP contribution in [-0.4, -0.2) is 10.6 Å². The fourth-order valence-corrected chi connectivity index (χ4v) is 2.44. The molecule has 0 spiro atoms. The standard InChI is InChI=1S/C12H14ClNOS/c1-12(2,3)15-7-11-14-9-5-4-8(13)6-10(9)16-11/h4-6H,7H2,1-3H3. The van der Waals surface area contributed by atoms with Crippen molar-refractivity contribution in [1.29, 1.82) is 0 Å². The van der Waals surface area contributed by atoms with E-state index in [2.05, 4.69) is 4.98 Å². The van der Waals surface area contributed by atoms with E-state index in [9.17, 15) is 0 Å². The molecule has 0 N–H and O–H groups in total. The summed E-state index contributed by atoms with van der Waals surface area (Å²) in [5, 5.41) is 1.74. The molecule has 2 nitrogen and oxygen atoms in total. The van der Waals surface area contributed by atoms with Gasteiger partial charge in [-0.15, -0.1) is 11.3 Å². The maximum absolute atomic E-state index is 5.93. The predicted octanol–water partition coefficient (Wildman–Crippen LogP) is 4.26. The van der Waals surface area contributed by atoms with Crippen LogP contribution in [0.25, 0.3) is 10.2 Å². The topological polar surface area (TPSA) is 22.1 Å². The molecule has 86 valence electrons. The number of ether oxygens (including phenoxy) is 1. The van der Waals surface area contributed by atoms with E-state index < -0.39 is 0 Å². The summed E-state index contributed by atoms with van der Waals surface area (Å²) in [6.07, 6.45) is 0. The highest BCUT2D eigenvalue weighted by molar-refractivity contribution is 7.18. The minimum Gasteiger partial charge on any atom is -0.369 e. The average Bonchev–Trinajstić information content (AvgIpc) is 2.55. The molecule has 4 heteroatoms. The zero-order valence-corrected chi connectivity index (χ0v) is 11.2. The molecule has 0 aliphatic heterocycles. The third-order valence-corrected chi connectivity index (χ3v) is 3.25. The number of benzene rings is 1. The van der Waals surface area contributed by atoms with Crippen LogP contribution in [0.15, 0.2) is 18.2 Å². The second-order valence-corrected chi connectivity index (χ2v) is 6.17. The van der Waals surface area contributed by atoms with Crippen molar-refractivity contribution in [3.63, 3.8) is 0 Å². The first-order valence-corrected chi connectivity index (χ1v) is 6.32. The highest BCUT2D eigenvalue weighted by Gasteiger charge is 2.12. The first-order valence-electron chi connectivity index (χ1n) is 5.13. The Morgan fingerprint density at radius 1 is 1.38 bits per heavy atom. The van der Waals surface area contributed by atoms with Crippen molar-refractivity contribution < 1.29 is 4.74 Å². The van der Waals surface area contributed by atoms with E-state index >= 15 is 0 Å². The number of hydrogen-bond donors (Lipinski definition) is 0. The molecule has 1 aromatic carbocycles. The lowest BCUT2D eigenvalue weighted by molar-refractivity contribution is -0.0149. The molecule has 0 bridgehead atoms. The molecule has 0 saturated carbocycles. The summed E-state index contributed by atoms with van der Waals surface area (Å²) in [5.74, 6) is 0. The van der Waals surface area contributed by atoms with Crippen molar-refractivity contribution in [2.24, 2.45) is 0 Å². The van der Waals surface area contributed by atoms with Crippen LogP contribution in [0.2, 0.25) is 5.02 Å². The van der Waals surface area contributed by atoms with E-state index in [1.54, 1.807) is 11.3 Å². The second-order valence-electron chi connectivity index (χ2n) is 4.62. The number of nitrogens with zero attached hydrogens (tertiary/aromatic N) is 1. The summed E-state index contributed by atoms with van der Waals surface area (Å²) >= 11 is 7.56. The Balaban J connectivity index is 2.20. The van der Waals surface area contributed by atoms with Gasteiger partial charge in [-0.3, -0.25) is 0 Å². The summed E-state index contributed by atoms with van der Waals surface area (Å²) < 4.78 is 6.80. The first kappa shape index (κ1) is 11.8. The fraction of sp³-hybridized carbons (Fsp3) is 0.417. The largest absolute Gasteiger partial charge is 0.369 e. The molecule has 16 heavy (non-hydrogen) atoms. The lowest BCUT2D eigenvalue weighted by Gasteiger charge is -2.18. The fourth-order valence-electron chi connectivity index (χ4n) is 1.29. The van der Waals surface area contributed by atoms with Gasteiger partial charge in [0.25, 0.3) is 0 Å². The van der Waals surface area contributed by atoms with Gasteiger partial charge < -0.3 is 4.74 Å². The van der Waals surface area contributed by atoms with Crippen LogP contribution in [0.4, 0.5) is 0 Å². The van der Waals surface area contributed by atoms with E-state index in [4.69, 9.17) is 16.3 Å². The van der Waals surface area contributed by atoms with E-state index in [-0.39, 0.29) is 5.60 Å². The summed E-state index contributed by atoms with van der Waals surface area (Å²) in [7, 11) is 0. The molecule has 0 saturated heterocycles. The van der Waals surface area contributed by atoms with Gasteiger partial charge >= 0.3 is 0 Å². The van der Waals surface area contributed by atoms with Crippen LogP contribution in [0.1, 0.15) is 25.8 Å². The maximum atomic E-state index is 5.93. The van der Waals surface area contributed by atoms with E-state index in [1.165, 1.54) is 0 Å². The molecule has 2 aromatic rings. The zero-order valence-electron chi connectivity index (χ0n) is 9.58. The number of aromatic nitrogens is 1. The summed E-state index contributed by atoms with van der Waals surface area (Å²) in [5.41, 5.74) is 0.858. The van der Waals surface area contributed by atoms with Crippen LogP contribution >= 0.6 is 22.9 Å². The monoisotopic (exact) mass is 255 g/mol. The van der Waals surface area contributed by atoms with Crippen molar-refractivity contribution in [2.75, 3.05) is 0 Å². The van der Waals surface area contributed by atoms with Gasteiger partial charge in [0.2, 0.25) is 0 Å². The Morgan fingerprint density at radius 2 is 2.12 bits per heavy atom. The van der Waals surface area contributed by atoms with E-state index in [0.717, 1.165) is 20.2 Å². The van der Waals surface area contributed by atoms with Gasteiger partial charge in [-0.2, -0.15) is 0 Å². The van der Waals surface area contributed by atoms with Gasteiger partial charge in [-0.05, 0) is 39.0 Å². The average molecular weight is 256 g/mol. The number of fused-ring (bicyclic) bond motifs is 1. The van der Waals surface area contributed by atoms with Crippen molar-refractivity contribution in [3.8, 4) is 0 Å². The van der Waals surface area contributed by atoms with Crippen LogP contribution in [-0.2, 0) is 11.3 Å². The minimum absolute atomic E-state index is 0.129. The number of hydrogen-bond acceptors (Lipinski definition) is 3. The molecule has 0 amide bonds.